The van der Waals surface area contributed by atoms with E-state index >= 15 is 0 Å². The normalized spacial score (nSPS) is 10.0. The fourth-order valence-electron chi connectivity index (χ4n) is 0.648. The molecule has 0 atom stereocenters. The fourth-order valence-corrected chi connectivity index (χ4v) is 0.938. The van der Waals surface area contributed by atoms with Gasteiger partial charge in [0.25, 0.3) is 0 Å². The molecule has 0 N–H and O–H groups in total. The van der Waals surface area contributed by atoms with Gasteiger partial charge in [-0.3, -0.25) is 4.68 Å². The zero-order chi connectivity index (χ0) is 6.69. The van der Waals surface area contributed by atoms with E-state index in [1.54, 1.807) is 0 Å². The topological polar surface area (TPSA) is 17.8 Å². The molecule has 0 saturated heterocycles. The van der Waals surface area contributed by atoms with Crippen molar-refractivity contribution in [2.75, 3.05) is 0 Å². The Kier molecular flexibility index (Phi) is 2.28. The third-order valence-electron chi connectivity index (χ3n) is 1.17. The van der Waals surface area contributed by atoms with Gasteiger partial charge in [0.05, 0.1) is 6.20 Å². The fraction of sp³-hybridized carbons (Fsp3) is 0.500. The summed E-state index contributed by atoms with van der Waals surface area (Å²) in [4.78, 5) is 0. The standard InChI is InChI=1S/C6H9BrN2/c1-2-9-5-6(3-7)4-8-9/h4-5H,2-3H2,1H3. The Labute approximate surface area is 63.0 Å². The van der Waals surface area contributed by atoms with Crippen LogP contribution in [0.3, 0.4) is 0 Å². The van der Waals surface area contributed by atoms with Gasteiger partial charge in [0.2, 0.25) is 0 Å². The highest BCUT2D eigenvalue weighted by Gasteiger charge is 1.91. The molecule has 0 fully saturated rings. The summed E-state index contributed by atoms with van der Waals surface area (Å²) in [6, 6.07) is 0. The van der Waals surface area contributed by atoms with Crippen molar-refractivity contribution in [3.63, 3.8) is 0 Å². The molecular formula is C6H9BrN2. The second kappa shape index (κ2) is 3.01. The van der Waals surface area contributed by atoms with Gasteiger partial charge in [-0.15, -0.1) is 0 Å². The summed E-state index contributed by atoms with van der Waals surface area (Å²) in [6.07, 6.45) is 3.91. The number of hydrogen-bond acceptors (Lipinski definition) is 1. The predicted molar refractivity (Wildman–Crippen MR) is 40.5 cm³/mol. The van der Waals surface area contributed by atoms with Crippen LogP contribution >= 0.6 is 15.9 Å². The van der Waals surface area contributed by atoms with Gasteiger partial charge in [-0.2, -0.15) is 5.10 Å². The Balaban J connectivity index is 2.74. The van der Waals surface area contributed by atoms with E-state index in [1.807, 2.05) is 17.1 Å². The van der Waals surface area contributed by atoms with Gasteiger partial charge in [0, 0.05) is 23.6 Å². The van der Waals surface area contributed by atoms with Crippen molar-refractivity contribution in [1.29, 1.82) is 0 Å². The number of hydrogen-bond donors (Lipinski definition) is 0. The van der Waals surface area contributed by atoms with Crippen LogP contribution in [0, 0.1) is 0 Å². The van der Waals surface area contributed by atoms with E-state index in [1.165, 1.54) is 5.56 Å². The van der Waals surface area contributed by atoms with E-state index in [2.05, 4.69) is 28.0 Å². The van der Waals surface area contributed by atoms with Gasteiger partial charge in [-0.1, -0.05) is 15.9 Å². The maximum Gasteiger partial charge on any atom is 0.0530 e. The second-order valence-electron chi connectivity index (χ2n) is 1.84. The minimum atomic E-state index is 0.896. The van der Waals surface area contributed by atoms with Crippen LogP contribution in [0.15, 0.2) is 12.4 Å². The average Bonchev–Trinajstić information content (AvgIpc) is 2.34. The molecule has 0 aliphatic rings. The van der Waals surface area contributed by atoms with Crippen LogP contribution in [0.25, 0.3) is 0 Å². The maximum absolute atomic E-state index is 4.09. The van der Waals surface area contributed by atoms with Crippen molar-refractivity contribution >= 4 is 15.9 Å². The smallest absolute Gasteiger partial charge is 0.0530 e. The summed E-state index contributed by atoms with van der Waals surface area (Å²) in [5, 5.41) is 4.99. The highest BCUT2D eigenvalue weighted by atomic mass is 79.9. The molecule has 0 radical (unpaired) electrons. The summed E-state index contributed by atoms with van der Waals surface area (Å²) in [5.74, 6) is 0. The molecule has 0 aromatic carbocycles. The van der Waals surface area contributed by atoms with Crippen LogP contribution in [0.2, 0.25) is 0 Å². The van der Waals surface area contributed by atoms with E-state index in [0.717, 1.165) is 11.9 Å². The number of alkyl halides is 1. The third-order valence-corrected chi connectivity index (χ3v) is 1.81. The van der Waals surface area contributed by atoms with E-state index in [0.29, 0.717) is 0 Å². The molecule has 2 nitrogen and oxygen atoms in total. The Bertz CT molecular complexity index is 164. The molecule has 1 heterocycles. The SMILES string of the molecule is CCn1cc(CBr)cn1. The van der Waals surface area contributed by atoms with Crippen LogP contribution in [0.1, 0.15) is 12.5 Å². The summed E-state index contributed by atoms with van der Waals surface area (Å²) in [7, 11) is 0. The Morgan fingerprint density at radius 1 is 1.78 bits per heavy atom. The molecule has 0 aliphatic heterocycles. The molecular weight excluding hydrogens is 180 g/mol. The van der Waals surface area contributed by atoms with E-state index in [9.17, 15) is 0 Å². The highest BCUT2D eigenvalue weighted by molar-refractivity contribution is 9.08. The number of nitrogens with zero attached hydrogens (tertiary/aromatic N) is 2. The first-order valence-electron chi connectivity index (χ1n) is 2.94. The lowest BCUT2D eigenvalue weighted by Gasteiger charge is -1.89. The lowest BCUT2D eigenvalue weighted by Crippen LogP contribution is -1.91. The second-order valence-corrected chi connectivity index (χ2v) is 2.40. The molecule has 0 amide bonds. The first-order chi connectivity index (χ1) is 4.36. The Morgan fingerprint density at radius 3 is 2.89 bits per heavy atom. The van der Waals surface area contributed by atoms with Crippen LogP contribution in [0.5, 0.6) is 0 Å². The summed E-state index contributed by atoms with van der Waals surface area (Å²) < 4.78 is 1.91. The minimum Gasteiger partial charge on any atom is -0.273 e. The first-order valence-corrected chi connectivity index (χ1v) is 4.06. The van der Waals surface area contributed by atoms with Crippen molar-refractivity contribution in [1.82, 2.24) is 9.78 Å². The van der Waals surface area contributed by atoms with Gasteiger partial charge in [-0.05, 0) is 6.92 Å². The molecule has 0 bridgehead atoms. The number of aryl methyl sites for hydroxylation is 1. The molecule has 0 unspecified atom stereocenters. The van der Waals surface area contributed by atoms with E-state index < -0.39 is 0 Å². The summed E-state index contributed by atoms with van der Waals surface area (Å²) in [5.41, 5.74) is 1.23. The molecule has 9 heavy (non-hydrogen) atoms. The van der Waals surface area contributed by atoms with Crippen molar-refractivity contribution in [2.45, 2.75) is 18.8 Å². The zero-order valence-corrected chi connectivity index (χ0v) is 6.93. The Morgan fingerprint density at radius 2 is 2.56 bits per heavy atom. The molecule has 1 rings (SSSR count). The lowest BCUT2D eigenvalue weighted by molar-refractivity contribution is 0.659. The first kappa shape index (κ1) is 6.81. The molecule has 1 aromatic heterocycles. The zero-order valence-electron chi connectivity index (χ0n) is 5.34. The highest BCUT2D eigenvalue weighted by Crippen LogP contribution is 2.02. The summed E-state index contributed by atoms with van der Waals surface area (Å²) >= 11 is 3.35. The monoisotopic (exact) mass is 188 g/mol. The Hall–Kier alpha value is -0.310. The summed E-state index contributed by atoms with van der Waals surface area (Å²) in [6.45, 7) is 3.03. The van der Waals surface area contributed by atoms with Crippen molar-refractivity contribution < 1.29 is 0 Å². The predicted octanol–water partition coefficient (Wildman–Crippen LogP) is 1.80. The average molecular weight is 189 g/mol. The van der Waals surface area contributed by atoms with Crippen molar-refractivity contribution in [3.05, 3.63) is 18.0 Å². The molecule has 3 heteroatoms. The van der Waals surface area contributed by atoms with Gasteiger partial charge >= 0.3 is 0 Å². The third kappa shape index (κ3) is 1.55. The van der Waals surface area contributed by atoms with Crippen molar-refractivity contribution in [3.8, 4) is 0 Å². The van der Waals surface area contributed by atoms with E-state index in [-0.39, 0.29) is 0 Å². The molecule has 50 valence electrons. The van der Waals surface area contributed by atoms with Gasteiger partial charge < -0.3 is 0 Å². The van der Waals surface area contributed by atoms with Gasteiger partial charge in [0.1, 0.15) is 0 Å². The van der Waals surface area contributed by atoms with E-state index in [4.69, 9.17) is 0 Å². The molecule has 0 saturated carbocycles. The van der Waals surface area contributed by atoms with Gasteiger partial charge in [0.15, 0.2) is 0 Å². The van der Waals surface area contributed by atoms with Gasteiger partial charge in [-0.25, -0.2) is 0 Å². The molecule has 0 aliphatic carbocycles. The largest absolute Gasteiger partial charge is 0.273 e. The minimum absolute atomic E-state index is 0.896. The van der Waals surface area contributed by atoms with Crippen LogP contribution < -0.4 is 0 Å². The number of aromatic nitrogens is 2. The quantitative estimate of drug-likeness (QED) is 0.648. The van der Waals surface area contributed by atoms with Crippen LogP contribution in [-0.4, -0.2) is 9.78 Å². The van der Waals surface area contributed by atoms with Crippen molar-refractivity contribution in [2.24, 2.45) is 0 Å². The number of halogens is 1. The molecule has 0 spiro atoms. The maximum atomic E-state index is 4.09. The van der Waals surface area contributed by atoms with Crippen LogP contribution in [-0.2, 0) is 11.9 Å². The lowest BCUT2D eigenvalue weighted by atomic mass is 10.4. The van der Waals surface area contributed by atoms with Crippen LogP contribution in [0.4, 0.5) is 0 Å². The molecule has 1 aromatic rings. The number of rotatable bonds is 2.